The molecule has 0 bridgehead atoms. The molecule has 6 heteroatoms. The monoisotopic (exact) mass is 387 g/mol. The highest BCUT2D eigenvalue weighted by molar-refractivity contribution is 5.95. The normalized spacial score (nSPS) is 11.7. The average Bonchev–Trinajstić information content (AvgIpc) is 2.71. The van der Waals surface area contributed by atoms with E-state index in [1.807, 2.05) is 19.1 Å². The molecule has 0 unspecified atom stereocenters. The van der Waals surface area contributed by atoms with Crippen LogP contribution in [0.4, 0.5) is 0 Å². The maximum Gasteiger partial charge on any atom is 0.251 e. The Morgan fingerprint density at radius 2 is 1.50 bits per heavy atom. The molecule has 6 nitrogen and oxygen atoms in total. The molecule has 0 radical (unpaired) electrons. The molecule has 1 amide bonds. The van der Waals surface area contributed by atoms with Gasteiger partial charge >= 0.3 is 0 Å². The van der Waals surface area contributed by atoms with Crippen molar-refractivity contribution in [1.29, 1.82) is 0 Å². The van der Waals surface area contributed by atoms with Crippen molar-refractivity contribution in [3.8, 4) is 23.0 Å². The molecule has 0 aromatic heterocycles. The molecule has 0 aliphatic heterocycles. The molecular formula is C22H29NO5. The highest BCUT2D eigenvalue weighted by Crippen LogP contribution is 2.38. The molecule has 0 aliphatic rings. The first-order valence-corrected chi connectivity index (χ1v) is 9.23. The number of nitrogens with one attached hydrogen (secondary N) is 1. The number of ether oxygens (including phenoxy) is 4. The average molecular weight is 387 g/mol. The van der Waals surface area contributed by atoms with Gasteiger partial charge in [0.05, 0.1) is 27.4 Å². The summed E-state index contributed by atoms with van der Waals surface area (Å²) < 4.78 is 21.7. The Bertz CT molecular complexity index is 761. The summed E-state index contributed by atoms with van der Waals surface area (Å²) in [7, 11) is 4.55. The van der Waals surface area contributed by atoms with Crippen LogP contribution in [0.1, 0.15) is 42.6 Å². The minimum absolute atomic E-state index is 0.184. The number of hydrogen-bond donors (Lipinski definition) is 1. The first kappa shape index (κ1) is 21.4. The fourth-order valence-electron chi connectivity index (χ4n) is 2.73. The van der Waals surface area contributed by atoms with Crippen LogP contribution in [0, 0.1) is 0 Å². The largest absolute Gasteiger partial charge is 0.493 e. The lowest BCUT2D eigenvalue weighted by Gasteiger charge is -2.17. The van der Waals surface area contributed by atoms with E-state index in [0.29, 0.717) is 35.3 Å². The summed E-state index contributed by atoms with van der Waals surface area (Å²) in [4.78, 5) is 12.6. The van der Waals surface area contributed by atoms with Crippen molar-refractivity contribution in [2.75, 3.05) is 27.9 Å². The van der Waals surface area contributed by atoms with Gasteiger partial charge in [-0.25, -0.2) is 0 Å². The zero-order valence-electron chi connectivity index (χ0n) is 17.4. The fourth-order valence-corrected chi connectivity index (χ4v) is 2.73. The van der Waals surface area contributed by atoms with E-state index in [-0.39, 0.29) is 11.9 Å². The van der Waals surface area contributed by atoms with E-state index in [1.165, 1.54) is 26.9 Å². The van der Waals surface area contributed by atoms with Gasteiger partial charge in [0.1, 0.15) is 12.4 Å². The number of rotatable bonds is 9. The highest BCUT2D eigenvalue weighted by Gasteiger charge is 2.18. The van der Waals surface area contributed by atoms with Gasteiger partial charge in [0.2, 0.25) is 5.75 Å². The first-order valence-electron chi connectivity index (χ1n) is 9.23. The predicted octanol–water partition coefficient (Wildman–Crippen LogP) is 4.03. The lowest BCUT2D eigenvalue weighted by atomic mass is 10.0. The van der Waals surface area contributed by atoms with E-state index in [9.17, 15) is 4.79 Å². The van der Waals surface area contributed by atoms with E-state index in [1.54, 1.807) is 12.1 Å². The van der Waals surface area contributed by atoms with Gasteiger partial charge in [-0.05, 0) is 42.7 Å². The third-order valence-corrected chi connectivity index (χ3v) is 4.35. The summed E-state index contributed by atoms with van der Waals surface area (Å²) in [6.07, 6.45) is 0. The maximum atomic E-state index is 12.6. The van der Waals surface area contributed by atoms with E-state index in [0.717, 1.165) is 5.75 Å². The van der Waals surface area contributed by atoms with Gasteiger partial charge < -0.3 is 24.3 Å². The van der Waals surface area contributed by atoms with Crippen LogP contribution < -0.4 is 24.3 Å². The summed E-state index contributed by atoms with van der Waals surface area (Å²) in [6, 6.07) is 11.1. The Morgan fingerprint density at radius 1 is 0.929 bits per heavy atom. The van der Waals surface area contributed by atoms with Gasteiger partial charge in [0, 0.05) is 5.56 Å². The number of amides is 1. The SMILES string of the molecule is COc1cc(C(=O)N[C@H](C)COc2ccc(C(C)C)cc2)cc(OC)c1OC. The molecule has 1 atom stereocenters. The summed E-state index contributed by atoms with van der Waals surface area (Å²) in [6.45, 7) is 6.54. The molecule has 2 aromatic carbocycles. The maximum absolute atomic E-state index is 12.6. The van der Waals surface area contributed by atoms with Crippen molar-refractivity contribution in [2.24, 2.45) is 0 Å². The molecule has 1 N–H and O–H groups in total. The topological polar surface area (TPSA) is 66.0 Å². The zero-order chi connectivity index (χ0) is 20.7. The summed E-state index contributed by atoms with van der Waals surface area (Å²) in [5.41, 5.74) is 1.68. The molecule has 28 heavy (non-hydrogen) atoms. The molecule has 0 fully saturated rings. The van der Waals surface area contributed by atoms with Crippen LogP contribution in [0.3, 0.4) is 0 Å². The molecule has 0 saturated carbocycles. The fraction of sp³-hybridized carbons (Fsp3) is 0.409. The number of benzene rings is 2. The van der Waals surface area contributed by atoms with E-state index in [4.69, 9.17) is 18.9 Å². The van der Waals surface area contributed by atoms with Gasteiger partial charge in [-0.15, -0.1) is 0 Å². The molecule has 2 rings (SSSR count). The molecule has 0 saturated heterocycles. The molecular weight excluding hydrogens is 358 g/mol. The molecule has 0 aliphatic carbocycles. The van der Waals surface area contributed by atoms with Crippen molar-refractivity contribution in [3.63, 3.8) is 0 Å². The summed E-state index contributed by atoms with van der Waals surface area (Å²) in [5.74, 6) is 2.32. The number of methoxy groups -OCH3 is 3. The minimum atomic E-state index is -0.245. The number of carbonyl (C=O) groups excluding carboxylic acids is 1. The standard InChI is InChI=1S/C22H29NO5/c1-14(2)16-7-9-18(10-8-16)28-13-15(3)23-22(24)17-11-19(25-4)21(27-6)20(12-17)26-5/h7-12,14-15H,13H2,1-6H3,(H,23,24)/t15-/m1/s1. The molecule has 152 valence electrons. The van der Waals surface area contributed by atoms with Gasteiger partial charge in [0.25, 0.3) is 5.91 Å². The Kier molecular flexibility index (Phi) is 7.55. The van der Waals surface area contributed by atoms with Crippen LogP contribution in [0.15, 0.2) is 36.4 Å². The number of carbonyl (C=O) groups is 1. The van der Waals surface area contributed by atoms with Crippen LogP contribution >= 0.6 is 0 Å². The van der Waals surface area contributed by atoms with E-state index < -0.39 is 0 Å². The van der Waals surface area contributed by atoms with Crippen LogP contribution in [0.2, 0.25) is 0 Å². The van der Waals surface area contributed by atoms with Crippen molar-refractivity contribution >= 4 is 5.91 Å². The Balaban J connectivity index is 2.00. The lowest BCUT2D eigenvalue weighted by molar-refractivity contribution is 0.0926. The third-order valence-electron chi connectivity index (χ3n) is 4.35. The second-order valence-electron chi connectivity index (χ2n) is 6.82. The molecule has 0 heterocycles. The lowest BCUT2D eigenvalue weighted by Crippen LogP contribution is -2.36. The van der Waals surface area contributed by atoms with Gasteiger partial charge in [-0.3, -0.25) is 4.79 Å². The van der Waals surface area contributed by atoms with Crippen molar-refractivity contribution in [3.05, 3.63) is 47.5 Å². The van der Waals surface area contributed by atoms with E-state index in [2.05, 4.69) is 31.3 Å². The summed E-state index contributed by atoms with van der Waals surface area (Å²) >= 11 is 0. The first-order chi connectivity index (χ1) is 13.4. The highest BCUT2D eigenvalue weighted by atomic mass is 16.5. The van der Waals surface area contributed by atoms with Crippen LogP contribution in [-0.4, -0.2) is 39.9 Å². The molecule has 2 aromatic rings. The van der Waals surface area contributed by atoms with Crippen LogP contribution in [-0.2, 0) is 0 Å². The van der Waals surface area contributed by atoms with Gasteiger partial charge in [-0.1, -0.05) is 26.0 Å². The Hall–Kier alpha value is -2.89. The van der Waals surface area contributed by atoms with Crippen LogP contribution in [0.5, 0.6) is 23.0 Å². The van der Waals surface area contributed by atoms with Crippen molar-refractivity contribution in [2.45, 2.75) is 32.7 Å². The molecule has 0 spiro atoms. The predicted molar refractivity (Wildman–Crippen MR) is 109 cm³/mol. The second kappa shape index (κ2) is 9.88. The smallest absolute Gasteiger partial charge is 0.251 e. The van der Waals surface area contributed by atoms with E-state index >= 15 is 0 Å². The number of hydrogen-bond acceptors (Lipinski definition) is 5. The Labute approximate surface area is 166 Å². The van der Waals surface area contributed by atoms with Gasteiger partial charge in [-0.2, -0.15) is 0 Å². The third kappa shape index (κ3) is 5.31. The zero-order valence-corrected chi connectivity index (χ0v) is 17.4. The van der Waals surface area contributed by atoms with Crippen molar-refractivity contribution < 1.29 is 23.7 Å². The van der Waals surface area contributed by atoms with Crippen LogP contribution in [0.25, 0.3) is 0 Å². The minimum Gasteiger partial charge on any atom is -0.493 e. The van der Waals surface area contributed by atoms with Gasteiger partial charge in [0.15, 0.2) is 11.5 Å². The summed E-state index contributed by atoms with van der Waals surface area (Å²) in [5, 5.41) is 2.92. The van der Waals surface area contributed by atoms with Crippen molar-refractivity contribution in [1.82, 2.24) is 5.32 Å². The Morgan fingerprint density at radius 3 is 1.96 bits per heavy atom. The quantitative estimate of drug-likeness (QED) is 0.704. The second-order valence-corrected chi connectivity index (χ2v) is 6.82.